The van der Waals surface area contributed by atoms with E-state index in [-0.39, 0.29) is 24.3 Å². The van der Waals surface area contributed by atoms with Gasteiger partial charge in [-0.05, 0) is 24.1 Å². The summed E-state index contributed by atoms with van der Waals surface area (Å²) >= 11 is 0. The van der Waals surface area contributed by atoms with Gasteiger partial charge >= 0.3 is 0 Å². The largest absolute Gasteiger partial charge is 0.454 e. The number of hydrogen-bond donors (Lipinski definition) is 1. The van der Waals surface area contributed by atoms with E-state index in [4.69, 9.17) is 15.9 Å². The molecule has 6 heteroatoms. The zero-order valence-electron chi connectivity index (χ0n) is 13.7. The van der Waals surface area contributed by atoms with Gasteiger partial charge in [-0.3, -0.25) is 4.79 Å². The molecule has 1 aromatic carbocycles. The topological polar surface area (TPSA) is 72.3 Å². The normalized spacial score (nSPS) is 17.2. The van der Waals surface area contributed by atoms with Crippen molar-refractivity contribution in [3.8, 4) is 23.8 Å². The van der Waals surface area contributed by atoms with Crippen molar-refractivity contribution in [2.24, 2.45) is 16.1 Å². The van der Waals surface area contributed by atoms with Crippen molar-refractivity contribution in [3.63, 3.8) is 0 Å². The molecule has 1 atom stereocenters. The minimum atomic E-state index is -0.347. The van der Waals surface area contributed by atoms with Gasteiger partial charge < -0.3 is 14.8 Å². The second-order valence-electron chi connectivity index (χ2n) is 6.22. The standard InChI is InChI=1S/C18H21N3O3/c1-3-4-7-18(20-21-18)8-9-19-17(22)13(2)10-14-5-6-15-16(11-14)24-12-23-15/h1,5-6,11,13H,4,7-10,12H2,2H3,(H,19,22). The number of carbonyl (C=O) groups excluding carboxylic acids is 1. The molecule has 0 spiro atoms. The van der Waals surface area contributed by atoms with Crippen molar-refractivity contribution in [1.82, 2.24) is 5.32 Å². The maximum Gasteiger partial charge on any atom is 0.231 e. The molecule has 2 aliphatic rings. The molecule has 2 aliphatic heterocycles. The average Bonchev–Trinajstić information content (AvgIpc) is 3.19. The van der Waals surface area contributed by atoms with Crippen molar-refractivity contribution in [3.05, 3.63) is 23.8 Å². The van der Waals surface area contributed by atoms with Crippen LogP contribution in [0.15, 0.2) is 28.4 Å². The summed E-state index contributed by atoms with van der Waals surface area (Å²) in [5.74, 6) is 4.00. The Kier molecular flexibility index (Phi) is 4.70. The Morgan fingerprint density at radius 2 is 2.17 bits per heavy atom. The third kappa shape index (κ3) is 3.85. The van der Waals surface area contributed by atoms with Gasteiger partial charge in [0.15, 0.2) is 17.2 Å². The summed E-state index contributed by atoms with van der Waals surface area (Å²) in [5, 5.41) is 11.1. The summed E-state index contributed by atoms with van der Waals surface area (Å²) in [6.45, 7) is 2.73. The number of hydrogen-bond acceptors (Lipinski definition) is 5. The first-order valence-electron chi connectivity index (χ1n) is 8.16. The van der Waals surface area contributed by atoms with Crippen molar-refractivity contribution >= 4 is 5.91 Å². The van der Waals surface area contributed by atoms with Crippen molar-refractivity contribution < 1.29 is 14.3 Å². The lowest BCUT2D eigenvalue weighted by molar-refractivity contribution is -0.124. The molecule has 0 bridgehead atoms. The number of terminal acetylenes is 1. The van der Waals surface area contributed by atoms with Crippen LogP contribution >= 0.6 is 0 Å². The number of nitrogens with zero attached hydrogens (tertiary/aromatic N) is 2. The molecule has 3 rings (SSSR count). The van der Waals surface area contributed by atoms with E-state index in [9.17, 15) is 4.79 Å². The first-order valence-corrected chi connectivity index (χ1v) is 8.16. The number of ether oxygens (including phenoxy) is 2. The zero-order chi connectivity index (χ0) is 17.0. The average molecular weight is 327 g/mol. The first-order chi connectivity index (χ1) is 11.6. The van der Waals surface area contributed by atoms with Gasteiger partial charge in [0, 0.05) is 31.7 Å². The third-order valence-electron chi connectivity index (χ3n) is 4.30. The van der Waals surface area contributed by atoms with E-state index in [2.05, 4.69) is 21.5 Å². The van der Waals surface area contributed by atoms with Gasteiger partial charge in [0.05, 0.1) is 0 Å². The fourth-order valence-corrected chi connectivity index (χ4v) is 2.74. The van der Waals surface area contributed by atoms with Crippen molar-refractivity contribution in [2.75, 3.05) is 13.3 Å². The van der Waals surface area contributed by atoms with Gasteiger partial charge in [0.2, 0.25) is 12.7 Å². The Labute approximate surface area is 141 Å². The summed E-state index contributed by atoms with van der Waals surface area (Å²) < 4.78 is 10.7. The molecular weight excluding hydrogens is 306 g/mol. The quantitative estimate of drug-likeness (QED) is 0.746. The minimum absolute atomic E-state index is 0.0282. The van der Waals surface area contributed by atoms with Crippen LogP contribution < -0.4 is 14.8 Å². The fraction of sp³-hybridized carbons (Fsp3) is 0.500. The highest BCUT2D eigenvalue weighted by atomic mass is 16.7. The van der Waals surface area contributed by atoms with E-state index in [1.807, 2.05) is 25.1 Å². The molecule has 24 heavy (non-hydrogen) atoms. The molecule has 0 fully saturated rings. The van der Waals surface area contributed by atoms with Crippen LogP contribution in [0.4, 0.5) is 0 Å². The smallest absolute Gasteiger partial charge is 0.231 e. The van der Waals surface area contributed by atoms with E-state index in [0.29, 0.717) is 25.8 Å². The molecule has 0 aromatic heterocycles. The van der Waals surface area contributed by atoms with Gasteiger partial charge in [0.25, 0.3) is 0 Å². The van der Waals surface area contributed by atoms with Crippen LogP contribution in [0.2, 0.25) is 0 Å². The number of benzene rings is 1. The van der Waals surface area contributed by atoms with Gasteiger partial charge in [-0.25, -0.2) is 0 Å². The number of carbonyl (C=O) groups is 1. The summed E-state index contributed by atoms with van der Waals surface area (Å²) in [6, 6.07) is 5.78. The van der Waals surface area contributed by atoms with Crippen LogP contribution in [0, 0.1) is 18.3 Å². The number of nitrogens with one attached hydrogen (secondary N) is 1. The predicted molar refractivity (Wildman–Crippen MR) is 88.7 cm³/mol. The van der Waals surface area contributed by atoms with Crippen LogP contribution in [-0.2, 0) is 11.2 Å². The van der Waals surface area contributed by atoms with Crippen molar-refractivity contribution in [2.45, 2.75) is 38.3 Å². The second kappa shape index (κ2) is 6.91. The fourth-order valence-electron chi connectivity index (χ4n) is 2.74. The van der Waals surface area contributed by atoms with Crippen LogP contribution in [0.25, 0.3) is 0 Å². The molecule has 0 aliphatic carbocycles. The summed E-state index contributed by atoms with van der Waals surface area (Å²) in [6.07, 6.45) is 8.04. The summed E-state index contributed by atoms with van der Waals surface area (Å²) in [4.78, 5) is 12.2. The van der Waals surface area contributed by atoms with Gasteiger partial charge in [-0.1, -0.05) is 13.0 Å². The Balaban J connectivity index is 1.43. The van der Waals surface area contributed by atoms with E-state index >= 15 is 0 Å². The molecule has 2 heterocycles. The molecule has 1 amide bonds. The van der Waals surface area contributed by atoms with Gasteiger partial charge in [0.1, 0.15) is 0 Å². The number of fused-ring (bicyclic) bond motifs is 1. The molecule has 126 valence electrons. The van der Waals surface area contributed by atoms with Crippen LogP contribution in [0.1, 0.15) is 31.7 Å². The molecule has 1 N–H and O–H groups in total. The maximum absolute atomic E-state index is 12.2. The van der Waals surface area contributed by atoms with E-state index in [1.54, 1.807) is 0 Å². The molecule has 0 radical (unpaired) electrons. The molecule has 6 nitrogen and oxygen atoms in total. The van der Waals surface area contributed by atoms with Crippen LogP contribution in [0.5, 0.6) is 11.5 Å². The lowest BCUT2D eigenvalue weighted by atomic mass is 9.99. The highest BCUT2D eigenvalue weighted by Gasteiger charge is 2.38. The van der Waals surface area contributed by atoms with Gasteiger partial charge in [-0.15, -0.1) is 12.3 Å². The maximum atomic E-state index is 12.2. The van der Waals surface area contributed by atoms with Crippen molar-refractivity contribution in [1.29, 1.82) is 0 Å². The van der Waals surface area contributed by atoms with Crippen LogP contribution in [0.3, 0.4) is 0 Å². The second-order valence-corrected chi connectivity index (χ2v) is 6.22. The van der Waals surface area contributed by atoms with E-state index < -0.39 is 0 Å². The van der Waals surface area contributed by atoms with Crippen LogP contribution in [-0.4, -0.2) is 24.9 Å². The Hall–Kier alpha value is -2.55. The molecule has 1 aromatic rings. The Bertz CT molecular complexity index is 687. The summed E-state index contributed by atoms with van der Waals surface area (Å²) in [7, 11) is 0. The summed E-state index contributed by atoms with van der Waals surface area (Å²) in [5.41, 5.74) is 0.708. The molecule has 0 saturated heterocycles. The first kappa shape index (κ1) is 16.3. The molecular formula is C18H21N3O3. The van der Waals surface area contributed by atoms with E-state index in [1.165, 1.54) is 0 Å². The number of rotatable bonds is 8. The molecule has 1 unspecified atom stereocenters. The predicted octanol–water partition coefficient (Wildman–Crippen LogP) is 2.68. The number of amides is 1. The monoisotopic (exact) mass is 327 g/mol. The third-order valence-corrected chi connectivity index (χ3v) is 4.30. The minimum Gasteiger partial charge on any atom is -0.454 e. The molecule has 0 saturated carbocycles. The highest BCUT2D eigenvalue weighted by molar-refractivity contribution is 5.78. The highest BCUT2D eigenvalue weighted by Crippen LogP contribution is 2.36. The zero-order valence-corrected chi connectivity index (χ0v) is 13.7. The van der Waals surface area contributed by atoms with Gasteiger partial charge in [-0.2, -0.15) is 10.2 Å². The Morgan fingerprint density at radius 3 is 2.92 bits per heavy atom. The Morgan fingerprint density at radius 1 is 1.38 bits per heavy atom. The lowest BCUT2D eigenvalue weighted by Crippen LogP contribution is -2.33. The lowest BCUT2D eigenvalue weighted by Gasteiger charge is -2.14. The van der Waals surface area contributed by atoms with E-state index in [0.717, 1.165) is 23.5 Å². The SMILES string of the molecule is C#CCCC1(CCNC(=O)C(C)Cc2ccc3c(c2)OCO3)N=N1.